The highest BCUT2D eigenvalue weighted by Crippen LogP contribution is 2.21. The third kappa shape index (κ3) is 6.63. The van der Waals surface area contributed by atoms with E-state index in [1.807, 2.05) is 6.07 Å². The molecule has 9 heteroatoms. The van der Waals surface area contributed by atoms with Gasteiger partial charge in [0.1, 0.15) is 6.54 Å². The highest BCUT2D eigenvalue weighted by atomic mass is 32.2. The van der Waals surface area contributed by atoms with E-state index in [9.17, 15) is 18.0 Å². The number of sulfonamides is 1. The molecular weight excluding hydrogens is 442 g/mol. The van der Waals surface area contributed by atoms with Crippen molar-refractivity contribution in [1.82, 2.24) is 4.31 Å². The van der Waals surface area contributed by atoms with Gasteiger partial charge in [0.05, 0.1) is 11.0 Å². The molecule has 1 heterocycles. The van der Waals surface area contributed by atoms with Gasteiger partial charge in [-0.1, -0.05) is 36.8 Å². The lowest BCUT2D eigenvalue weighted by Crippen LogP contribution is -2.35. The number of piperidine rings is 1. The summed E-state index contributed by atoms with van der Waals surface area (Å²) in [6.45, 7) is 0.491. The summed E-state index contributed by atoms with van der Waals surface area (Å²) in [5.74, 6) is -1.03. The number of rotatable bonds is 9. The Morgan fingerprint density at radius 1 is 1.00 bits per heavy atom. The first-order valence-electron chi connectivity index (χ1n) is 10.9. The number of esters is 1. The molecular formula is C24H27N3O5S. The van der Waals surface area contributed by atoms with Crippen LogP contribution in [0.25, 0.3) is 0 Å². The van der Waals surface area contributed by atoms with Gasteiger partial charge < -0.3 is 4.74 Å². The van der Waals surface area contributed by atoms with Crippen molar-refractivity contribution >= 4 is 27.6 Å². The zero-order valence-corrected chi connectivity index (χ0v) is 19.2. The summed E-state index contributed by atoms with van der Waals surface area (Å²) in [6, 6.07) is 17.2. The lowest BCUT2D eigenvalue weighted by Gasteiger charge is -2.25. The predicted molar refractivity (Wildman–Crippen MR) is 123 cm³/mol. The molecule has 0 aliphatic carbocycles. The summed E-state index contributed by atoms with van der Waals surface area (Å²) in [5, 5.41) is 8.99. The number of benzene rings is 2. The zero-order valence-electron chi connectivity index (χ0n) is 18.4. The van der Waals surface area contributed by atoms with Crippen LogP contribution >= 0.6 is 0 Å². The molecule has 0 saturated carbocycles. The normalized spacial score (nSPS) is 14.3. The van der Waals surface area contributed by atoms with Crippen molar-refractivity contribution in [2.24, 2.45) is 0 Å². The Bertz CT molecular complexity index is 1090. The van der Waals surface area contributed by atoms with E-state index in [1.165, 1.54) is 9.21 Å². The number of amides is 1. The van der Waals surface area contributed by atoms with Crippen LogP contribution in [0.1, 0.15) is 31.2 Å². The summed E-state index contributed by atoms with van der Waals surface area (Å²) in [6.07, 6.45) is 3.21. The number of carbonyl (C=O) groups is 2. The van der Waals surface area contributed by atoms with Gasteiger partial charge >= 0.3 is 5.97 Å². The molecule has 3 rings (SSSR count). The maximum atomic E-state index is 12.7. The minimum atomic E-state index is -3.49. The first-order chi connectivity index (χ1) is 15.9. The summed E-state index contributed by atoms with van der Waals surface area (Å²) in [7, 11) is -3.49. The molecule has 1 aliphatic rings. The van der Waals surface area contributed by atoms with Crippen LogP contribution in [-0.2, 0) is 30.8 Å². The molecule has 0 spiro atoms. The molecule has 0 atom stereocenters. The minimum absolute atomic E-state index is 0.0507. The van der Waals surface area contributed by atoms with Gasteiger partial charge in [-0.05, 0) is 49.1 Å². The van der Waals surface area contributed by atoms with Crippen molar-refractivity contribution in [3.05, 3.63) is 60.2 Å². The first kappa shape index (κ1) is 24.4. The van der Waals surface area contributed by atoms with Crippen LogP contribution in [0.15, 0.2) is 59.5 Å². The van der Waals surface area contributed by atoms with Gasteiger partial charge in [-0.25, -0.2) is 8.42 Å². The average molecular weight is 470 g/mol. The molecule has 8 nitrogen and oxygen atoms in total. The Morgan fingerprint density at radius 2 is 1.67 bits per heavy atom. The van der Waals surface area contributed by atoms with Crippen molar-refractivity contribution in [2.75, 3.05) is 31.1 Å². The van der Waals surface area contributed by atoms with E-state index >= 15 is 0 Å². The van der Waals surface area contributed by atoms with E-state index in [0.29, 0.717) is 25.2 Å². The quantitative estimate of drug-likeness (QED) is 0.413. The molecule has 1 saturated heterocycles. The molecule has 2 aromatic rings. The fourth-order valence-corrected chi connectivity index (χ4v) is 5.14. The van der Waals surface area contributed by atoms with Crippen LogP contribution in [0.5, 0.6) is 0 Å². The smallest absolute Gasteiger partial charge is 0.306 e. The van der Waals surface area contributed by atoms with Gasteiger partial charge in [0, 0.05) is 25.2 Å². The Morgan fingerprint density at radius 3 is 2.30 bits per heavy atom. The van der Waals surface area contributed by atoms with E-state index < -0.39 is 28.5 Å². The monoisotopic (exact) mass is 469 g/mol. The van der Waals surface area contributed by atoms with Crippen molar-refractivity contribution in [3.63, 3.8) is 0 Å². The summed E-state index contributed by atoms with van der Waals surface area (Å²) < 4.78 is 32.0. The van der Waals surface area contributed by atoms with E-state index in [-0.39, 0.29) is 17.9 Å². The van der Waals surface area contributed by atoms with Gasteiger partial charge in [-0.2, -0.15) is 9.57 Å². The zero-order chi connectivity index (χ0) is 23.7. The Labute approximate surface area is 194 Å². The van der Waals surface area contributed by atoms with Crippen LogP contribution < -0.4 is 4.90 Å². The number of nitrogens with zero attached hydrogens (tertiary/aromatic N) is 3. The van der Waals surface area contributed by atoms with Crippen molar-refractivity contribution in [2.45, 2.75) is 37.0 Å². The fourth-order valence-electron chi connectivity index (χ4n) is 3.62. The number of hydrogen-bond acceptors (Lipinski definition) is 6. The second-order valence-electron chi connectivity index (χ2n) is 7.74. The van der Waals surface area contributed by atoms with E-state index in [2.05, 4.69) is 0 Å². The molecule has 1 aliphatic heterocycles. The Hall–Kier alpha value is -3.22. The van der Waals surface area contributed by atoms with E-state index in [1.54, 1.807) is 54.6 Å². The topological polar surface area (TPSA) is 108 Å². The lowest BCUT2D eigenvalue weighted by atomic mass is 10.1. The fraction of sp³-hybridized carbons (Fsp3) is 0.375. The Kier molecular flexibility index (Phi) is 8.58. The second-order valence-corrected chi connectivity index (χ2v) is 9.68. The number of hydrogen-bond donors (Lipinski definition) is 0. The molecule has 1 amide bonds. The molecule has 174 valence electrons. The van der Waals surface area contributed by atoms with Gasteiger partial charge in [0.2, 0.25) is 10.0 Å². The summed E-state index contributed by atoms with van der Waals surface area (Å²) >= 11 is 0. The number of aryl methyl sites for hydroxylation is 1. The van der Waals surface area contributed by atoms with Gasteiger partial charge in [0.25, 0.3) is 5.91 Å². The SMILES string of the molecule is N#CCN(C(=O)COC(=O)CCc1ccc(S(=O)(=O)N2CCCCC2)cc1)c1ccccc1. The number of nitriles is 1. The number of anilines is 1. The Balaban J connectivity index is 1.49. The highest BCUT2D eigenvalue weighted by Gasteiger charge is 2.25. The molecule has 0 aromatic heterocycles. The van der Waals surface area contributed by atoms with Gasteiger partial charge in [-0.3, -0.25) is 14.5 Å². The van der Waals surface area contributed by atoms with Crippen molar-refractivity contribution in [3.8, 4) is 6.07 Å². The minimum Gasteiger partial charge on any atom is -0.456 e. The van der Waals surface area contributed by atoms with Crippen LogP contribution in [0, 0.1) is 11.3 Å². The third-order valence-corrected chi connectivity index (χ3v) is 7.36. The molecule has 2 aromatic carbocycles. The standard InChI is InChI=1S/C24H27N3O5S/c25-15-18-27(21-7-3-1-4-8-21)23(28)19-32-24(29)14-11-20-9-12-22(13-10-20)33(30,31)26-16-5-2-6-17-26/h1,3-4,7-10,12-13H,2,5-6,11,14,16-19H2. The van der Waals surface area contributed by atoms with E-state index in [0.717, 1.165) is 24.8 Å². The number of ether oxygens (including phenoxy) is 1. The molecule has 0 bridgehead atoms. The number of para-hydroxylation sites is 1. The lowest BCUT2D eigenvalue weighted by molar-refractivity contribution is -0.147. The molecule has 0 unspecified atom stereocenters. The van der Waals surface area contributed by atoms with Crippen LogP contribution in [0.2, 0.25) is 0 Å². The van der Waals surface area contributed by atoms with E-state index in [4.69, 9.17) is 10.00 Å². The third-order valence-electron chi connectivity index (χ3n) is 5.45. The molecule has 1 fully saturated rings. The second kappa shape index (κ2) is 11.6. The molecule has 33 heavy (non-hydrogen) atoms. The van der Waals surface area contributed by atoms with Crippen molar-refractivity contribution < 1.29 is 22.7 Å². The van der Waals surface area contributed by atoms with Gasteiger partial charge in [0.15, 0.2) is 6.61 Å². The van der Waals surface area contributed by atoms with Crippen LogP contribution in [-0.4, -0.2) is 50.8 Å². The molecule has 0 radical (unpaired) electrons. The molecule has 0 N–H and O–H groups in total. The maximum Gasteiger partial charge on any atom is 0.306 e. The largest absolute Gasteiger partial charge is 0.456 e. The highest BCUT2D eigenvalue weighted by molar-refractivity contribution is 7.89. The van der Waals surface area contributed by atoms with Crippen molar-refractivity contribution in [1.29, 1.82) is 5.26 Å². The van der Waals surface area contributed by atoms with Crippen LogP contribution in [0.3, 0.4) is 0 Å². The predicted octanol–water partition coefficient (Wildman–Crippen LogP) is 2.89. The summed E-state index contributed by atoms with van der Waals surface area (Å²) in [5.41, 5.74) is 1.35. The van der Waals surface area contributed by atoms with Gasteiger partial charge in [-0.15, -0.1) is 0 Å². The summed E-state index contributed by atoms with van der Waals surface area (Å²) in [4.78, 5) is 26.0. The maximum absolute atomic E-state index is 12.7. The first-order valence-corrected chi connectivity index (χ1v) is 12.3. The number of carbonyl (C=O) groups excluding carboxylic acids is 2. The average Bonchev–Trinajstić information content (AvgIpc) is 2.86. The van der Waals surface area contributed by atoms with Crippen LogP contribution in [0.4, 0.5) is 5.69 Å².